The van der Waals surface area contributed by atoms with Gasteiger partial charge in [0.05, 0.1) is 17.3 Å². The Labute approximate surface area is 198 Å². The van der Waals surface area contributed by atoms with Gasteiger partial charge in [-0.05, 0) is 37.0 Å². The van der Waals surface area contributed by atoms with Crippen molar-refractivity contribution >= 4 is 41.0 Å². The molecule has 0 saturated heterocycles. The number of rotatable bonds is 12. The fourth-order valence-corrected chi connectivity index (χ4v) is 3.02. The first-order valence-corrected chi connectivity index (χ1v) is 11.1. The molecule has 2 rings (SSSR count). The molecule has 0 radical (unpaired) electrons. The normalized spacial score (nSPS) is 10.2. The lowest BCUT2D eigenvalue weighted by Crippen LogP contribution is -2.41. The Bertz CT molecular complexity index is 937. The maximum atomic E-state index is 11.9. The molecule has 0 bridgehead atoms. The van der Waals surface area contributed by atoms with Crippen LogP contribution >= 0.6 is 11.6 Å². The van der Waals surface area contributed by atoms with Crippen molar-refractivity contribution in [1.29, 1.82) is 0 Å². The van der Waals surface area contributed by atoms with Gasteiger partial charge in [0.15, 0.2) is 0 Å². The maximum Gasteiger partial charge on any atom is 0.305 e. The van der Waals surface area contributed by atoms with Crippen LogP contribution in [0.5, 0.6) is 0 Å². The van der Waals surface area contributed by atoms with E-state index in [-0.39, 0.29) is 37.6 Å². The van der Waals surface area contributed by atoms with Gasteiger partial charge in [-0.25, -0.2) is 0 Å². The van der Waals surface area contributed by atoms with E-state index in [0.717, 1.165) is 12.8 Å². The standard InChI is InChI=1S/C24H28ClN3O5/c25-19-11-4-5-12-20(19)26-21(29)15-16-23(31)28-27-22(30)13-6-14-24(32)33-17-7-10-18-8-2-1-3-9-18/h1-5,8-9,11-12H,6-7,10,13-17H2,(H,26,29)(H,27,30)(H,28,31). The van der Waals surface area contributed by atoms with Gasteiger partial charge >= 0.3 is 5.97 Å². The summed E-state index contributed by atoms with van der Waals surface area (Å²) >= 11 is 5.96. The van der Waals surface area contributed by atoms with Crippen molar-refractivity contribution in [3.63, 3.8) is 0 Å². The SMILES string of the molecule is O=C(CCCC(=O)OCCCc1ccccc1)NNC(=O)CCC(=O)Nc1ccccc1Cl. The van der Waals surface area contributed by atoms with Crippen molar-refractivity contribution in [3.8, 4) is 0 Å². The van der Waals surface area contributed by atoms with Crippen molar-refractivity contribution < 1.29 is 23.9 Å². The zero-order valence-corrected chi connectivity index (χ0v) is 19.0. The predicted octanol–water partition coefficient (Wildman–Crippen LogP) is 3.55. The molecule has 3 amide bonds. The van der Waals surface area contributed by atoms with Gasteiger partial charge in [-0.2, -0.15) is 0 Å². The summed E-state index contributed by atoms with van der Waals surface area (Å²) in [6.45, 7) is 0.333. The monoisotopic (exact) mass is 473 g/mol. The number of aryl methyl sites for hydroxylation is 1. The fraction of sp³-hybridized carbons (Fsp3) is 0.333. The third kappa shape index (κ3) is 11.2. The maximum absolute atomic E-state index is 11.9. The quantitative estimate of drug-likeness (QED) is 0.248. The molecule has 0 heterocycles. The number of nitrogens with one attached hydrogen (secondary N) is 3. The van der Waals surface area contributed by atoms with Crippen LogP contribution in [0.25, 0.3) is 0 Å². The minimum absolute atomic E-state index is 0.0619. The number of halogens is 1. The number of amides is 3. The first kappa shape index (κ1) is 25.9. The number of anilines is 1. The highest BCUT2D eigenvalue weighted by Crippen LogP contribution is 2.20. The molecule has 0 aromatic heterocycles. The average Bonchev–Trinajstić information content (AvgIpc) is 2.81. The average molecular weight is 474 g/mol. The topological polar surface area (TPSA) is 114 Å². The lowest BCUT2D eigenvalue weighted by molar-refractivity contribution is -0.144. The largest absolute Gasteiger partial charge is 0.466 e. The van der Waals surface area contributed by atoms with Crippen LogP contribution in [0.15, 0.2) is 54.6 Å². The first-order chi connectivity index (χ1) is 15.9. The molecular weight excluding hydrogens is 446 g/mol. The van der Waals surface area contributed by atoms with Crippen LogP contribution in [0.1, 0.15) is 44.1 Å². The number of carbonyl (C=O) groups is 4. The van der Waals surface area contributed by atoms with Crippen LogP contribution < -0.4 is 16.2 Å². The highest BCUT2D eigenvalue weighted by atomic mass is 35.5. The van der Waals surface area contributed by atoms with E-state index in [9.17, 15) is 19.2 Å². The molecule has 2 aromatic carbocycles. The summed E-state index contributed by atoms with van der Waals surface area (Å²) in [4.78, 5) is 47.2. The predicted molar refractivity (Wildman–Crippen MR) is 125 cm³/mol. The summed E-state index contributed by atoms with van der Waals surface area (Å²) < 4.78 is 5.16. The van der Waals surface area contributed by atoms with E-state index >= 15 is 0 Å². The molecule has 0 saturated carbocycles. The van der Waals surface area contributed by atoms with Crippen LogP contribution in [0.2, 0.25) is 5.02 Å². The fourth-order valence-electron chi connectivity index (χ4n) is 2.84. The van der Waals surface area contributed by atoms with Gasteiger partial charge in [-0.1, -0.05) is 54.1 Å². The summed E-state index contributed by atoms with van der Waals surface area (Å²) in [5.74, 6) is -1.66. The molecule has 33 heavy (non-hydrogen) atoms. The Morgan fingerprint density at radius 2 is 1.36 bits per heavy atom. The van der Waals surface area contributed by atoms with Gasteiger partial charge in [0.25, 0.3) is 0 Å². The Morgan fingerprint density at radius 3 is 2.09 bits per heavy atom. The van der Waals surface area contributed by atoms with Crippen molar-refractivity contribution in [2.75, 3.05) is 11.9 Å². The first-order valence-electron chi connectivity index (χ1n) is 10.8. The van der Waals surface area contributed by atoms with E-state index in [4.69, 9.17) is 16.3 Å². The molecule has 0 unspecified atom stereocenters. The lowest BCUT2D eigenvalue weighted by atomic mass is 10.1. The number of carbonyl (C=O) groups excluding carboxylic acids is 4. The van der Waals surface area contributed by atoms with Crippen molar-refractivity contribution in [2.45, 2.75) is 44.9 Å². The molecule has 2 aromatic rings. The second kappa shape index (κ2) is 14.6. The van der Waals surface area contributed by atoms with Gasteiger partial charge in [0.1, 0.15) is 0 Å². The Hall–Kier alpha value is -3.39. The van der Waals surface area contributed by atoms with E-state index < -0.39 is 11.8 Å². The van der Waals surface area contributed by atoms with Crippen molar-refractivity contribution in [3.05, 3.63) is 65.2 Å². The van der Waals surface area contributed by atoms with Gasteiger partial charge < -0.3 is 10.1 Å². The molecule has 8 nitrogen and oxygen atoms in total. The van der Waals surface area contributed by atoms with E-state index in [2.05, 4.69) is 16.2 Å². The van der Waals surface area contributed by atoms with Gasteiger partial charge in [0, 0.05) is 25.7 Å². The van der Waals surface area contributed by atoms with Gasteiger partial charge in [-0.3, -0.25) is 30.0 Å². The summed E-state index contributed by atoms with van der Waals surface area (Å²) in [6, 6.07) is 16.7. The number of para-hydroxylation sites is 1. The van der Waals surface area contributed by atoms with Crippen LogP contribution in [0, 0.1) is 0 Å². The minimum Gasteiger partial charge on any atom is -0.466 e. The number of esters is 1. The Kier molecular flexibility index (Phi) is 11.5. The van der Waals surface area contributed by atoms with Crippen LogP contribution in [-0.4, -0.2) is 30.3 Å². The molecule has 0 atom stereocenters. The number of hydrogen-bond donors (Lipinski definition) is 3. The third-order valence-electron chi connectivity index (χ3n) is 4.57. The van der Waals surface area contributed by atoms with Crippen molar-refractivity contribution in [1.82, 2.24) is 10.9 Å². The van der Waals surface area contributed by atoms with Crippen LogP contribution in [0.3, 0.4) is 0 Å². The molecule has 3 N–H and O–H groups in total. The highest BCUT2D eigenvalue weighted by molar-refractivity contribution is 6.33. The third-order valence-corrected chi connectivity index (χ3v) is 4.90. The second-order valence-corrected chi connectivity index (χ2v) is 7.69. The van der Waals surface area contributed by atoms with Crippen LogP contribution in [-0.2, 0) is 30.3 Å². The summed E-state index contributed by atoms with van der Waals surface area (Å²) in [7, 11) is 0. The van der Waals surface area contributed by atoms with Crippen molar-refractivity contribution in [2.24, 2.45) is 0 Å². The number of ether oxygens (including phenoxy) is 1. The molecule has 9 heteroatoms. The zero-order chi connectivity index (χ0) is 23.9. The zero-order valence-electron chi connectivity index (χ0n) is 18.3. The lowest BCUT2D eigenvalue weighted by Gasteiger charge is -2.09. The van der Waals surface area contributed by atoms with E-state index in [1.807, 2.05) is 30.3 Å². The van der Waals surface area contributed by atoms with E-state index in [0.29, 0.717) is 23.7 Å². The van der Waals surface area contributed by atoms with E-state index in [1.165, 1.54) is 5.56 Å². The smallest absolute Gasteiger partial charge is 0.305 e. The molecule has 176 valence electrons. The van der Waals surface area contributed by atoms with Crippen LogP contribution in [0.4, 0.5) is 5.69 Å². The number of hydrogen-bond acceptors (Lipinski definition) is 5. The number of benzene rings is 2. The van der Waals surface area contributed by atoms with Gasteiger partial charge in [-0.15, -0.1) is 0 Å². The molecule has 0 aliphatic carbocycles. The Balaban J connectivity index is 1.49. The highest BCUT2D eigenvalue weighted by Gasteiger charge is 2.11. The summed E-state index contributed by atoms with van der Waals surface area (Å²) in [5, 5.41) is 3.01. The summed E-state index contributed by atoms with van der Waals surface area (Å²) in [5.41, 5.74) is 6.17. The molecular formula is C24H28ClN3O5. The molecule has 0 spiro atoms. The molecule has 0 fully saturated rings. The Morgan fingerprint density at radius 1 is 0.727 bits per heavy atom. The summed E-state index contributed by atoms with van der Waals surface area (Å²) in [6.07, 6.45) is 1.88. The minimum atomic E-state index is -0.504. The van der Waals surface area contributed by atoms with E-state index in [1.54, 1.807) is 24.3 Å². The molecule has 0 aliphatic rings. The van der Waals surface area contributed by atoms with Gasteiger partial charge in [0.2, 0.25) is 17.7 Å². The molecule has 0 aliphatic heterocycles. The second-order valence-electron chi connectivity index (χ2n) is 7.29. The number of hydrazine groups is 1.